The number of anilines is 1. The Morgan fingerprint density at radius 3 is 1.73 bits per heavy atom. The second kappa shape index (κ2) is 36.8. The van der Waals surface area contributed by atoms with Gasteiger partial charge in [0, 0.05) is 30.5 Å². The van der Waals surface area contributed by atoms with Crippen LogP contribution in [0.4, 0.5) is 10.6 Å². The fourth-order valence-electron chi connectivity index (χ4n) is 8.16. The van der Waals surface area contributed by atoms with Crippen LogP contribution < -0.4 is 27.0 Å². The fraction of sp³-hybridized carbons (Fsp3) is 0.840. The lowest BCUT2D eigenvalue weighted by molar-refractivity contribution is -0.132. The first-order valence-electron chi connectivity index (χ1n) is 27.3. The number of carbonyl (C=O) groups is 3. The molecule has 7 atom stereocenters. The van der Waals surface area contributed by atoms with Gasteiger partial charge in [0.2, 0.25) is 11.8 Å². The molecule has 7 N–H and O–H groups in total. The first kappa shape index (κ1) is 65.4. The first-order chi connectivity index (χ1) is 37.8. The van der Waals surface area contributed by atoms with Gasteiger partial charge in [-0.2, -0.15) is 11.8 Å². The summed E-state index contributed by atoms with van der Waals surface area (Å²) in [6.45, 7) is 19.3. The van der Waals surface area contributed by atoms with E-state index in [-0.39, 0.29) is 67.2 Å². The molecule has 0 bridgehead atoms. The van der Waals surface area contributed by atoms with Crippen LogP contribution in [0.15, 0.2) is 12.7 Å². The van der Waals surface area contributed by atoms with Crippen molar-refractivity contribution in [1.29, 1.82) is 0 Å². The number of unbranched alkanes of at least 4 members (excludes halogenated alkanes) is 1. The molecule has 0 aromatic carbocycles. The van der Waals surface area contributed by atoms with Crippen molar-refractivity contribution < 1.29 is 80.8 Å². The summed E-state index contributed by atoms with van der Waals surface area (Å²) in [4.78, 5) is 49.3. The summed E-state index contributed by atoms with van der Waals surface area (Å²) in [6.07, 6.45) is 3.17. The maximum absolute atomic E-state index is 12.9. The maximum atomic E-state index is 12.9. The van der Waals surface area contributed by atoms with Crippen LogP contribution in [0.2, 0.25) is 18.1 Å². The number of amides is 4. The molecule has 3 aliphatic rings. The Hall–Kier alpha value is -3.43. The van der Waals surface area contributed by atoms with Gasteiger partial charge in [-0.05, 0) is 31.0 Å². The van der Waals surface area contributed by atoms with Gasteiger partial charge in [-0.25, -0.2) is 19.7 Å². The summed E-state index contributed by atoms with van der Waals surface area (Å²) < 4.78 is 76.4. The molecule has 0 spiro atoms. The van der Waals surface area contributed by atoms with Crippen LogP contribution in [0.25, 0.3) is 11.2 Å². The summed E-state index contributed by atoms with van der Waals surface area (Å²) in [5.74, 6) is 0.850. The lowest BCUT2D eigenvalue weighted by atomic mass is 10.0. The molecule has 2 aromatic rings. The van der Waals surface area contributed by atoms with Gasteiger partial charge in [-0.3, -0.25) is 14.2 Å². The molecular formula is C50H89N9O17SSi. The predicted molar refractivity (Wildman–Crippen MR) is 291 cm³/mol. The zero-order valence-corrected chi connectivity index (χ0v) is 48.3. The van der Waals surface area contributed by atoms with Gasteiger partial charge in [0.25, 0.3) is 0 Å². The van der Waals surface area contributed by atoms with Gasteiger partial charge >= 0.3 is 6.03 Å². The average Bonchev–Trinajstić information content (AvgIpc) is 4.31. The molecule has 3 aliphatic heterocycles. The largest absolute Gasteiger partial charge is 0.408 e. The summed E-state index contributed by atoms with van der Waals surface area (Å²) in [7, 11) is -2.38. The molecule has 3 fully saturated rings. The van der Waals surface area contributed by atoms with Crippen LogP contribution >= 0.6 is 11.8 Å². The van der Waals surface area contributed by atoms with Crippen LogP contribution in [-0.2, 0) is 70.9 Å². The van der Waals surface area contributed by atoms with Crippen LogP contribution in [0.3, 0.4) is 0 Å². The standard InChI is InChI=1S/C50H89N9O17SSi/c1-50(2,3)78(4,5)76-44-38(32-60)75-48(59-36-56-43-46(51)54-35-55-47(43)59)45(44)74-33-41(62)53-11-13-65-15-17-67-19-21-69-23-25-71-27-29-73-31-30-72-28-26-70-24-22-68-20-18-66-16-14-64-12-10-52-40(61)9-7-6-8-39-42-37(34-77-39)57-49(63)58-42/h35-39,42,44-45,48,60H,6-34H2,1-5H3,(H,52,61)(H,53,62)(H2,51,54,55)(H2,57,58,63)/t37-,38+,39-,42-,44+,45+,48+/m0/s1. The van der Waals surface area contributed by atoms with E-state index < -0.39 is 32.9 Å². The van der Waals surface area contributed by atoms with Crippen LogP contribution in [-0.4, -0.2) is 251 Å². The summed E-state index contributed by atoms with van der Waals surface area (Å²) >= 11 is 1.90. The molecule has 5 heterocycles. The molecule has 78 heavy (non-hydrogen) atoms. The van der Waals surface area contributed by atoms with Gasteiger partial charge in [-0.1, -0.05) is 27.2 Å². The highest BCUT2D eigenvalue weighted by Gasteiger charge is 2.52. The molecule has 446 valence electrons. The van der Waals surface area contributed by atoms with Gasteiger partial charge < -0.3 is 93.4 Å². The van der Waals surface area contributed by atoms with Crippen molar-refractivity contribution in [1.82, 2.24) is 40.8 Å². The number of imidazole rings is 1. The van der Waals surface area contributed by atoms with Crippen LogP contribution in [0, 0.1) is 0 Å². The van der Waals surface area contributed by atoms with Gasteiger partial charge in [-0.15, -0.1) is 0 Å². The normalized spacial score (nSPS) is 21.3. The number of aromatic nitrogens is 4. The lowest BCUT2D eigenvalue weighted by Crippen LogP contribution is -2.50. The molecule has 28 heteroatoms. The predicted octanol–water partition coefficient (Wildman–Crippen LogP) is 1.20. The Bertz CT molecular complexity index is 2000. The van der Waals surface area contributed by atoms with Crippen LogP contribution in [0.5, 0.6) is 0 Å². The van der Waals surface area contributed by atoms with E-state index in [2.05, 4.69) is 70.1 Å². The quantitative estimate of drug-likeness (QED) is 0.0308. The molecule has 3 saturated heterocycles. The number of aliphatic hydroxyl groups excluding tert-OH is 1. The SMILES string of the molecule is CC(C)(C)[Si](C)(C)O[C@H]1[C@@H](OCC(=O)NCCOCCOCCOCCOCCOCCOCCOCCOCCOCCOCCNC(=O)CCCC[C@@H]2SC[C@@H]3NC(=O)N[C@@H]32)[C@H](n2cnc3c(N)ncnc32)O[C@@H]1CO. The highest BCUT2D eigenvalue weighted by molar-refractivity contribution is 8.00. The Labute approximate surface area is 464 Å². The van der Waals surface area contributed by atoms with E-state index in [1.807, 2.05) is 11.8 Å². The maximum Gasteiger partial charge on any atom is 0.315 e. The third kappa shape index (κ3) is 23.6. The molecule has 0 radical (unpaired) electrons. The van der Waals surface area contributed by atoms with Crippen LogP contribution in [0.1, 0.15) is 52.7 Å². The van der Waals surface area contributed by atoms with E-state index in [0.29, 0.717) is 155 Å². The summed E-state index contributed by atoms with van der Waals surface area (Å²) in [6, 6.07) is 0.377. The second-order valence-electron chi connectivity index (χ2n) is 20.1. The van der Waals surface area contributed by atoms with Crippen molar-refractivity contribution in [2.24, 2.45) is 0 Å². The van der Waals surface area contributed by atoms with Crippen molar-refractivity contribution in [2.75, 3.05) is 170 Å². The number of rotatable bonds is 45. The number of nitrogens with zero attached hydrogens (tertiary/aromatic N) is 4. The van der Waals surface area contributed by atoms with E-state index in [9.17, 15) is 19.5 Å². The number of carbonyl (C=O) groups excluding carboxylic acids is 3. The van der Waals surface area contributed by atoms with Gasteiger partial charge in [0.05, 0.1) is 157 Å². The molecule has 26 nitrogen and oxygen atoms in total. The van der Waals surface area contributed by atoms with Crippen molar-refractivity contribution in [3.63, 3.8) is 0 Å². The lowest BCUT2D eigenvalue weighted by Gasteiger charge is -2.40. The second-order valence-corrected chi connectivity index (χ2v) is 26.2. The monoisotopic (exact) mass is 1150 g/mol. The highest BCUT2D eigenvalue weighted by atomic mass is 32.2. The zero-order chi connectivity index (χ0) is 55.9. The minimum absolute atomic E-state index is 0.0329. The Morgan fingerprint density at radius 1 is 0.731 bits per heavy atom. The minimum Gasteiger partial charge on any atom is -0.408 e. The van der Waals surface area contributed by atoms with E-state index in [0.717, 1.165) is 25.0 Å². The average molecular weight is 1150 g/mol. The number of hydrogen-bond donors (Lipinski definition) is 6. The van der Waals surface area contributed by atoms with Gasteiger partial charge in [0.15, 0.2) is 26.0 Å². The molecular weight excluding hydrogens is 1060 g/mol. The number of hydrogen-bond acceptors (Lipinski definition) is 22. The van der Waals surface area contributed by atoms with E-state index in [1.165, 1.54) is 12.7 Å². The third-order valence-corrected chi connectivity index (χ3v) is 19.3. The van der Waals surface area contributed by atoms with Crippen molar-refractivity contribution in [2.45, 2.75) is 106 Å². The Morgan fingerprint density at radius 2 is 1.23 bits per heavy atom. The summed E-state index contributed by atoms with van der Waals surface area (Å²) in [5, 5.41) is 22.3. The smallest absolute Gasteiger partial charge is 0.315 e. The fourth-order valence-corrected chi connectivity index (χ4v) is 11.0. The molecule has 0 aliphatic carbocycles. The third-order valence-electron chi connectivity index (χ3n) is 13.3. The van der Waals surface area contributed by atoms with E-state index in [4.69, 9.17) is 67.0 Å². The number of thioether (sulfide) groups is 1. The Kier molecular flexibility index (Phi) is 30.9. The number of nitrogens with one attached hydrogen (secondary N) is 4. The number of fused-ring (bicyclic) bond motifs is 2. The van der Waals surface area contributed by atoms with Gasteiger partial charge in [0.1, 0.15) is 36.8 Å². The number of nitrogen functional groups attached to an aromatic ring is 1. The number of aliphatic hydroxyl groups is 1. The first-order valence-corrected chi connectivity index (χ1v) is 31.2. The highest BCUT2D eigenvalue weighted by Crippen LogP contribution is 2.43. The molecule has 0 saturated carbocycles. The topological polar surface area (TPSA) is 309 Å². The number of urea groups is 1. The number of nitrogens with two attached hydrogens (primary N) is 1. The zero-order valence-electron chi connectivity index (χ0n) is 46.5. The molecule has 2 aromatic heterocycles. The summed E-state index contributed by atoms with van der Waals surface area (Å²) in [5.41, 5.74) is 6.87. The Balaban J connectivity index is 0.721. The van der Waals surface area contributed by atoms with Crippen molar-refractivity contribution in [3.8, 4) is 0 Å². The van der Waals surface area contributed by atoms with E-state index >= 15 is 0 Å². The molecule has 0 unspecified atom stereocenters. The van der Waals surface area contributed by atoms with E-state index in [1.54, 1.807) is 4.57 Å². The minimum atomic E-state index is -2.38. The molecule has 5 rings (SSSR count). The van der Waals surface area contributed by atoms with Crippen molar-refractivity contribution >= 4 is 54.9 Å². The molecule has 4 amide bonds. The number of ether oxygens (including phenoxy) is 12. The van der Waals surface area contributed by atoms with Crippen molar-refractivity contribution in [3.05, 3.63) is 12.7 Å².